The summed E-state index contributed by atoms with van der Waals surface area (Å²) in [7, 11) is 0. The van der Waals surface area contributed by atoms with E-state index in [0.29, 0.717) is 11.3 Å². The summed E-state index contributed by atoms with van der Waals surface area (Å²) in [6.07, 6.45) is 3.37. The third-order valence-electron chi connectivity index (χ3n) is 4.93. The van der Waals surface area contributed by atoms with Gasteiger partial charge in [0.15, 0.2) is 0 Å². The van der Waals surface area contributed by atoms with Gasteiger partial charge in [-0.3, -0.25) is 4.79 Å². The molecule has 2 fully saturated rings. The molecule has 1 atom stereocenters. The minimum atomic E-state index is 0. The van der Waals surface area contributed by atoms with Crippen molar-refractivity contribution >= 4 is 24.0 Å². The summed E-state index contributed by atoms with van der Waals surface area (Å²) in [4.78, 5) is 12.4. The first-order valence-corrected chi connectivity index (χ1v) is 7.72. The summed E-state index contributed by atoms with van der Waals surface area (Å²) in [5, 5.41) is 6.49. The number of nitrogens with one attached hydrogen (secondary N) is 2. The maximum Gasteiger partial charge on any atom is 0.228 e. The number of hydrogen-bond acceptors (Lipinski definition) is 2. The molecule has 2 aliphatic rings. The molecule has 116 valence electrons. The lowest BCUT2D eigenvalue weighted by atomic mass is 9.91. The SMILES string of the molecule is CC(C)c1cccc(NC(=O)C2CC23CCNCC3)c1.Cl. The van der Waals surface area contributed by atoms with E-state index in [1.165, 1.54) is 5.56 Å². The van der Waals surface area contributed by atoms with E-state index in [2.05, 4.69) is 36.6 Å². The number of carbonyl (C=O) groups is 1. The number of carbonyl (C=O) groups excluding carboxylic acids is 1. The van der Waals surface area contributed by atoms with Crippen LogP contribution in [0, 0.1) is 11.3 Å². The molecule has 1 aromatic carbocycles. The fourth-order valence-electron chi connectivity index (χ4n) is 3.40. The number of halogens is 1. The Balaban J connectivity index is 0.00000161. The Hall–Kier alpha value is -1.06. The van der Waals surface area contributed by atoms with E-state index in [1.54, 1.807) is 0 Å². The van der Waals surface area contributed by atoms with E-state index in [-0.39, 0.29) is 24.2 Å². The molecule has 1 heterocycles. The molecule has 1 saturated heterocycles. The van der Waals surface area contributed by atoms with Crippen LogP contribution < -0.4 is 10.6 Å². The van der Waals surface area contributed by atoms with Gasteiger partial charge < -0.3 is 10.6 Å². The highest BCUT2D eigenvalue weighted by Gasteiger charge is 2.57. The summed E-state index contributed by atoms with van der Waals surface area (Å²) in [5.74, 6) is 0.934. The topological polar surface area (TPSA) is 41.1 Å². The maximum atomic E-state index is 12.4. The van der Waals surface area contributed by atoms with Crippen LogP contribution in [0.25, 0.3) is 0 Å². The first-order valence-electron chi connectivity index (χ1n) is 7.72. The number of anilines is 1. The zero-order chi connectivity index (χ0) is 14.2. The molecule has 1 unspecified atom stereocenters. The monoisotopic (exact) mass is 308 g/mol. The second-order valence-corrected chi connectivity index (χ2v) is 6.64. The van der Waals surface area contributed by atoms with Crippen LogP contribution in [0.15, 0.2) is 24.3 Å². The van der Waals surface area contributed by atoms with Crippen LogP contribution in [0.1, 0.15) is 44.6 Å². The molecule has 1 aliphatic carbocycles. The van der Waals surface area contributed by atoms with Gasteiger partial charge >= 0.3 is 0 Å². The molecule has 1 amide bonds. The molecule has 1 aromatic rings. The van der Waals surface area contributed by atoms with Gasteiger partial charge in [-0.25, -0.2) is 0 Å². The van der Waals surface area contributed by atoms with Gasteiger partial charge in [0, 0.05) is 11.6 Å². The minimum Gasteiger partial charge on any atom is -0.326 e. The number of amides is 1. The van der Waals surface area contributed by atoms with Gasteiger partial charge in [0.1, 0.15) is 0 Å². The van der Waals surface area contributed by atoms with E-state index in [0.717, 1.165) is 38.0 Å². The first-order chi connectivity index (χ1) is 9.61. The second kappa shape index (κ2) is 6.37. The molecule has 4 heteroatoms. The lowest BCUT2D eigenvalue weighted by Crippen LogP contribution is -2.31. The van der Waals surface area contributed by atoms with Crippen molar-refractivity contribution in [2.75, 3.05) is 18.4 Å². The summed E-state index contributed by atoms with van der Waals surface area (Å²) < 4.78 is 0. The molecule has 2 N–H and O–H groups in total. The Kier molecular flexibility index (Phi) is 4.95. The van der Waals surface area contributed by atoms with Crippen LogP contribution >= 0.6 is 12.4 Å². The molecule has 3 nitrogen and oxygen atoms in total. The van der Waals surface area contributed by atoms with Crippen LogP contribution in [-0.2, 0) is 4.79 Å². The van der Waals surface area contributed by atoms with Gasteiger partial charge in [0.05, 0.1) is 0 Å². The molecule has 0 radical (unpaired) electrons. The van der Waals surface area contributed by atoms with Gasteiger partial charge in [0.25, 0.3) is 0 Å². The summed E-state index contributed by atoms with van der Waals surface area (Å²) in [5.41, 5.74) is 2.53. The Bertz CT molecular complexity index is 509. The lowest BCUT2D eigenvalue weighted by molar-refractivity contribution is -0.118. The normalized spacial score (nSPS) is 22.7. The molecule has 21 heavy (non-hydrogen) atoms. The largest absolute Gasteiger partial charge is 0.326 e. The molecule has 3 rings (SSSR count). The van der Waals surface area contributed by atoms with Gasteiger partial charge in [-0.05, 0) is 61.4 Å². The van der Waals surface area contributed by atoms with Crippen LogP contribution in [0.5, 0.6) is 0 Å². The fourth-order valence-corrected chi connectivity index (χ4v) is 3.40. The number of piperidine rings is 1. The third kappa shape index (κ3) is 3.41. The Morgan fingerprint density at radius 3 is 2.71 bits per heavy atom. The highest BCUT2D eigenvalue weighted by Crippen LogP contribution is 2.58. The van der Waals surface area contributed by atoms with Crippen molar-refractivity contribution in [1.29, 1.82) is 0 Å². The fraction of sp³-hybridized carbons (Fsp3) is 0.588. The average Bonchev–Trinajstić information content (AvgIpc) is 3.13. The van der Waals surface area contributed by atoms with Crippen LogP contribution in [-0.4, -0.2) is 19.0 Å². The van der Waals surface area contributed by atoms with Gasteiger partial charge in [-0.2, -0.15) is 0 Å². The predicted octanol–water partition coefficient (Wildman–Crippen LogP) is 3.56. The summed E-state index contributed by atoms with van der Waals surface area (Å²) in [6.45, 7) is 6.47. The van der Waals surface area contributed by atoms with Crippen molar-refractivity contribution in [3.63, 3.8) is 0 Å². The van der Waals surface area contributed by atoms with Gasteiger partial charge in [-0.1, -0.05) is 26.0 Å². The first kappa shape index (κ1) is 16.3. The molecule has 0 aromatic heterocycles. The lowest BCUT2D eigenvalue weighted by Gasteiger charge is -2.23. The Morgan fingerprint density at radius 1 is 1.33 bits per heavy atom. The number of rotatable bonds is 3. The highest BCUT2D eigenvalue weighted by atomic mass is 35.5. The van der Waals surface area contributed by atoms with Crippen molar-refractivity contribution in [3.05, 3.63) is 29.8 Å². The van der Waals surface area contributed by atoms with Crippen molar-refractivity contribution in [2.45, 2.75) is 39.0 Å². The van der Waals surface area contributed by atoms with Crippen molar-refractivity contribution < 1.29 is 4.79 Å². The minimum absolute atomic E-state index is 0. The molecule has 1 saturated carbocycles. The molecule has 1 aliphatic heterocycles. The van der Waals surface area contributed by atoms with Crippen LogP contribution in [0.2, 0.25) is 0 Å². The highest BCUT2D eigenvalue weighted by molar-refractivity contribution is 5.95. The standard InChI is InChI=1S/C17H24N2O.ClH/c1-12(2)13-4-3-5-14(10-13)19-16(20)15-11-17(15)6-8-18-9-7-17;/h3-5,10,12,15,18H,6-9,11H2,1-2H3,(H,19,20);1H. The van der Waals surface area contributed by atoms with Crippen LogP contribution in [0.4, 0.5) is 5.69 Å². The average molecular weight is 309 g/mol. The quantitative estimate of drug-likeness (QED) is 0.896. The summed E-state index contributed by atoms with van der Waals surface area (Å²) >= 11 is 0. The van der Waals surface area contributed by atoms with E-state index < -0.39 is 0 Å². The molecular formula is C17H25ClN2O. The van der Waals surface area contributed by atoms with E-state index in [1.807, 2.05) is 12.1 Å². The van der Waals surface area contributed by atoms with Gasteiger partial charge in [-0.15, -0.1) is 12.4 Å². The number of hydrogen-bond donors (Lipinski definition) is 2. The molecular weight excluding hydrogens is 284 g/mol. The van der Waals surface area contributed by atoms with E-state index in [4.69, 9.17) is 0 Å². The van der Waals surface area contributed by atoms with Gasteiger partial charge in [0.2, 0.25) is 5.91 Å². The number of benzene rings is 1. The molecule has 0 bridgehead atoms. The zero-order valence-corrected chi connectivity index (χ0v) is 13.6. The Labute approximate surface area is 133 Å². The zero-order valence-electron chi connectivity index (χ0n) is 12.8. The van der Waals surface area contributed by atoms with Crippen molar-refractivity contribution in [3.8, 4) is 0 Å². The van der Waals surface area contributed by atoms with Crippen molar-refractivity contribution in [2.24, 2.45) is 11.3 Å². The smallest absolute Gasteiger partial charge is 0.228 e. The van der Waals surface area contributed by atoms with E-state index in [9.17, 15) is 4.79 Å². The van der Waals surface area contributed by atoms with Crippen molar-refractivity contribution in [1.82, 2.24) is 5.32 Å². The summed E-state index contributed by atoms with van der Waals surface area (Å²) in [6, 6.07) is 8.23. The Morgan fingerprint density at radius 2 is 2.05 bits per heavy atom. The molecule has 1 spiro atoms. The predicted molar refractivity (Wildman–Crippen MR) is 89.1 cm³/mol. The van der Waals surface area contributed by atoms with Crippen LogP contribution in [0.3, 0.4) is 0 Å². The second-order valence-electron chi connectivity index (χ2n) is 6.64. The van der Waals surface area contributed by atoms with E-state index >= 15 is 0 Å². The maximum absolute atomic E-state index is 12.4. The third-order valence-corrected chi connectivity index (χ3v) is 4.93.